The number of aliphatic hydroxyl groups excluding tert-OH is 1. The van der Waals surface area contributed by atoms with E-state index in [1.54, 1.807) is 24.3 Å². The van der Waals surface area contributed by atoms with Crippen LogP contribution in [0.1, 0.15) is 31.1 Å². The summed E-state index contributed by atoms with van der Waals surface area (Å²) in [7, 11) is 0. The molecule has 0 saturated carbocycles. The van der Waals surface area contributed by atoms with Crippen molar-refractivity contribution in [3.63, 3.8) is 0 Å². The van der Waals surface area contributed by atoms with Gasteiger partial charge in [-0.25, -0.2) is 0 Å². The zero-order valence-electron chi connectivity index (χ0n) is 12.2. The molecule has 0 heterocycles. The van der Waals surface area contributed by atoms with Gasteiger partial charge in [0.1, 0.15) is 23.7 Å². The number of benzene rings is 2. The number of allylic oxidation sites excluding steroid dienone is 1. The summed E-state index contributed by atoms with van der Waals surface area (Å²) in [5.74, 6) is 0.896. The van der Waals surface area contributed by atoms with E-state index in [-0.39, 0.29) is 11.9 Å². The normalized spacial score (nSPS) is 14.0. The van der Waals surface area contributed by atoms with E-state index in [9.17, 15) is 10.2 Å². The van der Waals surface area contributed by atoms with Crippen LogP contribution in [-0.2, 0) is 0 Å². The topological polar surface area (TPSA) is 49.7 Å². The van der Waals surface area contributed by atoms with Crippen LogP contribution in [0.25, 0.3) is 6.08 Å². The number of aromatic hydroxyl groups is 1. The van der Waals surface area contributed by atoms with Crippen molar-refractivity contribution in [3.05, 3.63) is 65.7 Å². The summed E-state index contributed by atoms with van der Waals surface area (Å²) in [5.41, 5.74) is 1.82. The van der Waals surface area contributed by atoms with Crippen molar-refractivity contribution in [2.45, 2.75) is 26.1 Å². The monoisotopic (exact) mass is 284 g/mol. The van der Waals surface area contributed by atoms with Crippen molar-refractivity contribution in [3.8, 4) is 11.5 Å². The van der Waals surface area contributed by atoms with Gasteiger partial charge in [0.25, 0.3) is 0 Å². The van der Waals surface area contributed by atoms with Crippen molar-refractivity contribution in [1.29, 1.82) is 0 Å². The molecule has 0 aliphatic carbocycles. The summed E-state index contributed by atoms with van der Waals surface area (Å²) < 4.78 is 5.76. The van der Waals surface area contributed by atoms with Crippen molar-refractivity contribution in [2.24, 2.45) is 0 Å². The third-order valence-corrected chi connectivity index (χ3v) is 3.24. The maximum Gasteiger partial charge on any atom is 0.126 e. The fourth-order valence-electron chi connectivity index (χ4n) is 2.07. The van der Waals surface area contributed by atoms with Crippen LogP contribution < -0.4 is 4.74 Å². The molecular weight excluding hydrogens is 264 g/mol. The molecule has 110 valence electrons. The quantitative estimate of drug-likeness (QED) is 0.874. The minimum Gasteiger partial charge on any atom is -0.508 e. The number of ether oxygens (including phenoxy) is 1. The molecule has 2 rings (SSSR count). The van der Waals surface area contributed by atoms with Gasteiger partial charge in [-0.1, -0.05) is 36.4 Å². The van der Waals surface area contributed by atoms with Crippen molar-refractivity contribution < 1.29 is 14.9 Å². The molecule has 21 heavy (non-hydrogen) atoms. The summed E-state index contributed by atoms with van der Waals surface area (Å²) in [4.78, 5) is 0. The minimum absolute atomic E-state index is 0.180. The Hall–Kier alpha value is -2.26. The highest BCUT2D eigenvalue weighted by Gasteiger charge is 2.18. The summed E-state index contributed by atoms with van der Waals surface area (Å²) in [5, 5.41) is 19.5. The summed E-state index contributed by atoms with van der Waals surface area (Å²) >= 11 is 0. The maximum atomic E-state index is 10.3. The molecule has 0 spiro atoms. The van der Waals surface area contributed by atoms with Crippen LogP contribution >= 0.6 is 0 Å². The van der Waals surface area contributed by atoms with E-state index >= 15 is 0 Å². The molecule has 0 unspecified atom stereocenters. The Morgan fingerprint density at radius 2 is 1.62 bits per heavy atom. The number of phenolic OH excluding ortho intramolecular Hbond substituents is 1. The van der Waals surface area contributed by atoms with Crippen LogP contribution in [0.3, 0.4) is 0 Å². The summed E-state index contributed by atoms with van der Waals surface area (Å²) in [6.07, 6.45) is 2.86. The van der Waals surface area contributed by atoms with E-state index < -0.39 is 6.10 Å². The molecule has 2 aromatic rings. The predicted octanol–water partition coefficient (Wildman–Crippen LogP) is 3.93. The van der Waals surface area contributed by atoms with Crippen LogP contribution in [-0.4, -0.2) is 16.3 Å². The first-order valence-electron chi connectivity index (χ1n) is 6.96. The molecule has 0 aliphatic rings. The molecule has 0 radical (unpaired) electrons. The lowest BCUT2D eigenvalue weighted by atomic mass is 10.1. The molecule has 0 aliphatic heterocycles. The highest BCUT2D eigenvalue weighted by atomic mass is 16.5. The van der Waals surface area contributed by atoms with Gasteiger partial charge >= 0.3 is 0 Å². The molecule has 2 aromatic carbocycles. The second-order valence-corrected chi connectivity index (χ2v) is 4.93. The third-order valence-electron chi connectivity index (χ3n) is 3.24. The molecule has 0 amide bonds. The number of rotatable bonds is 5. The van der Waals surface area contributed by atoms with Gasteiger partial charge < -0.3 is 14.9 Å². The Labute approximate surface area is 125 Å². The lowest BCUT2D eigenvalue weighted by Gasteiger charge is -2.21. The van der Waals surface area contributed by atoms with Gasteiger partial charge in [-0.05, 0) is 49.2 Å². The molecule has 2 atom stereocenters. The van der Waals surface area contributed by atoms with Gasteiger partial charge in [-0.2, -0.15) is 0 Å². The van der Waals surface area contributed by atoms with Gasteiger partial charge in [0, 0.05) is 0 Å². The second-order valence-electron chi connectivity index (χ2n) is 4.93. The van der Waals surface area contributed by atoms with Crippen molar-refractivity contribution in [2.75, 3.05) is 0 Å². The van der Waals surface area contributed by atoms with E-state index in [4.69, 9.17) is 4.74 Å². The number of aliphatic hydroxyl groups is 1. The maximum absolute atomic E-state index is 10.3. The average molecular weight is 284 g/mol. The lowest BCUT2D eigenvalue weighted by Crippen LogP contribution is -2.21. The summed E-state index contributed by atoms with van der Waals surface area (Å²) in [6.45, 7) is 3.79. The highest BCUT2D eigenvalue weighted by molar-refractivity contribution is 5.50. The Morgan fingerprint density at radius 3 is 2.19 bits per heavy atom. The van der Waals surface area contributed by atoms with Gasteiger partial charge in [0.05, 0.1) is 0 Å². The first-order chi connectivity index (χ1) is 10.1. The van der Waals surface area contributed by atoms with E-state index in [2.05, 4.69) is 0 Å². The molecular formula is C18H20O3. The number of hydrogen-bond donors (Lipinski definition) is 2. The van der Waals surface area contributed by atoms with Crippen molar-refractivity contribution >= 4 is 6.08 Å². The first kappa shape index (κ1) is 15.1. The van der Waals surface area contributed by atoms with Crippen LogP contribution in [0, 0.1) is 0 Å². The molecule has 0 fully saturated rings. The van der Waals surface area contributed by atoms with Gasteiger partial charge in [-0.3, -0.25) is 0 Å². The fraction of sp³-hybridized carbons (Fsp3) is 0.222. The zero-order chi connectivity index (χ0) is 15.2. The third kappa shape index (κ3) is 4.10. The number of hydrogen-bond acceptors (Lipinski definition) is 3. The highest BCUT2D eigenvalue weighted by Crippen LogP contribution is 2.23. The van der Waals surface area contributed by atoms with Crippen LogP contribution in [0.4, 0.5) is 0 Å². The van der Waals surface area contributed by atoms with Gasteiger partial charge in [-0.15, -0.1) is 0 Å². The Balaban J connectivity index is 2.02. The standard InChI is InChI=1S/C18H20O3/c1-3-4-14-5-11-17(12-6-14)21-13(2)18(20)15-7-9-16(19)10-8-15/h3-13,18-20H,1-2H3/t13-,18+/m0/s1. The summed E-state index contributed by atoms with van der Waals surface area (Å²) in [6, 6.07) is 14.2. The average Bonchev–Trinajstić information content (AvgIpc) is 2.49. The number of phenols is 1. The molecule has 3 heteroatoms. The largest absolute Gasteiger partial charge is 0.508 e. The Bertz CT molecular complexity index is 585. The molecule has 0 saturated heterocycles. The predicted molar refractivity (Wildman–Crippen MR) is 84.3 cm³/mol. The van der Waals surface area contributed by atoms with Gasteiger partial charge in [0.2, 0.25) is 0 Å². The smallest absolute Gasteiger partial charge is 0.126 e. The first-order valence-corrected chi connectivity index (χ1v) is 6.96. The van der Waals surface area contributed by atoms with Crippen LogP contribution in [0.5, 0.6) is 11.5 Å². The fourth-order valence-corrected chi connectivity index (χ4v) is 2.07. The molecule has 0 bridgehead atoms. The van der Waals surface area contributed by atoms with E-state index in [1.807, 2.05) is 50.3 Å². The Kier molecular flexibility index (Phi) is 5.01. The van der Waals surface area contributed by atoms with E-state index in [1.165, 1.54) is 0 Å². The van der Waals surface area contributed by atoms with E-state index in [0.29, 0.717) is 11.3 Å². The Morgan fingerprint density at radius 1 is 1.00 bits per heavy atom. The molecule has 3 nitrogen and oxygen atoms in total. The van der Waals surface area contributed by atoms with Crippen LogP contribution in [0.2, 0.25) is 0 Å². The second kappa shape index (κ2) is 6.95. The van der Waals surface area contributed by atoms with Crippen LogP contribution in [0.15, 0.2) is 54.6 Å². The van der Waals surface area contributed by atoms with Gasteiger partial charge in [0.15, 0.2) is 0 Å². The lowest BCUT2D eigenvalue weighted by molar-refractivity contribution is 0.0467. The minimum atomic E-state index is -0.749. The van der Waals surface area contributed by atoms with Crippen molar-refractivity contribution in [1.82, 2.24) is 0 Å². The van der Waals surface area contributed by atoms with E-state index in [0.717, 1.165) is 5.56 Å². The SMILES string of the molecule is CC=Cc1ccc(O[C@@H](C)[C@@H](O)c2ccc(O)cc2)cc1. The molecule has 0 aromatic heterocycles. The zero-order valence-corrected chi connectivity index (χ0v) is 12.2. The molecule has 2 N–H and O–H groups in total.